The second-order valence-electron chi connectivity index (χ2n) is 5.02. The first-order valence-electron chi connectivity index (χ1n) is 6.03. The highest BCUT2D eigenvalue weighted by molar-refractivity contribution is 8.01. The smallest absolute Gasteiger partial charge is 0.236 e. The third-order valence-corrected chi connectivity index (χ3v) is 5.08. The Morgan fingerprint density at radius 3 is 2.75 bits per heavy atom. The molecule has 1 amide bonds. The van der Waals surface area contributed by atoms with Crippen LogP contribution in [-0.4, -0.2) is 33.7 Å². The molecule has 3 nitrogen and oxygen atoms in total. The van der Waals surface area contributed by atoms with E-state index in [9.17, 15) is 4.79 Å². The van der Waals surface area contributed by atoms with Crippen LogP contribution in [-0.2, 0) is 4.79 Å². The number of aliphatic hydroxyl groups is 1. The topological polar surface area (TPSA) is 49.3 Å². The van der Waals surface area contributed by atoms with Gasteiger partial charge in [-0.05, 0) is 45.3 Å². The minimum atomic E-state index is -0.266. The molecule has 4 heteroatoms. The minimum absolute atomic E-state index is 0.120. The van der Waals surface area contributed by atoms with E-state index < -0.39 is 0 Å². The molecule has 1 rings (SSSR count). The maximum absolute atomic E-state index is 12.2. The summed E-state index contributed by atoms with van der Waals surface area (Å²) < 4.78 is -0.258. The van der Waals surface area contributed by atoms with E-state index >= 15 is 0 Å². The van der Waals surface area contributed by atoms with E-state index in [2.05, 4.69) is 5.32 Å². The lowest BCUT2D eigenvalue weighted by atomic mass is 9.93. The van der Waals surface area contributed by atoms with Crippen molar-refractivity contribution in [2.45, 2.75) is 56.7 Å². The number of rotatable bonds is 5. The summed E-state index contributed by atoms with van der Waals surface area (Å²) in [5.41, 5.74) is -0.266. The highest BCUT2D eigenvalue weighted by atomic mass is 32.2. The van der Waals surface area contributed by atoms with Crippen LogP contribution in [0.1, 0.15) is 46.5 Å². The van der Waals surface area contributed by atoms with E-state index in [1.54, 1.807) is 11.8 Å². The molecule has 1 aliphatic heterocycles. The normalized spacial score (nSPS) is 28.8. The number of hydrogen-bond donors (Lipinski definition) is 2. The first kappa shape index (κ1) is 13.8. The largest absolute Gasteiger partial charge is 0.396 e. The quantitative estimate of drug-likeness (QED) is 0.778. The molecule has 16 heavy (non-hydrogen) atoms. The van der Waals surface area contributed by atoms with Gasteiger partial charge in [0.05, 0.1) is 4.75 Å². The summed E-state index contributed by atoms with van der Waals surface area (Å²) in [6, 6.07) is 0. The molecule has 1 aliphatic rings. The van der Waals surface area contributed by atoms with Crippen LogP contribution in [0.5, 0.6) is 0 Å². The fourth-order valence-electron chi connectivity index (χ4n) is 1.94. The molecule has 2 unspecified atom stereocenters. The van der Waals surface area contributed by atoms with Crippen LogP contribution in [0.3, 0.4) is 0 Å². The van der Waals surface area contributed by atoms with E-state index in [-0.39, 0.29) is 22.8 Å². The number of carbonyl (C=O) groups excluding carboxylic acids is 1. The number of thioether (sulfide) groups is 1. The molecule has 0 aromatic carbocycles. The summed E-state index contributed by atoms with van der Waals surface area (Å²) in [5.74, 6) is 1.21. The van der Waals surface area contributed by atoms with Crippen molar-refractivity contribution >= 4 is 17.7 Å². The lowest BCUT2D eigenvalue weighted by Gasteiger charge is -2.33. The zero-order valence-corrected chi connectivity index (χ0v) is 11.3. The lowest BCUT2D eigenvalue weighted by Crippen LogP contribution is -2.52. The fourth-order valence-corrected chi connectivity index (χ4v) is 3.15. The van der Waals surface area contributed by atoms with Crippen molar-refractivity contribution in [3.8, 4) is 0 Å². The van der Waals surface area contributed by atoms with E-state index in [1.165, 1.54) is 0 Å². The number of nitrogens with one attached hydrogen (secondary N) is 1. The van der Waals surface area contributed by atoms with Crippen LogP contribution in [0.2, 0.25) is 0 Å². The molecule has 0 aromatic rings. The summed E-state index contributed by atoms with van der Waals surface area (Å²) in [5, 5.41) is 12.1. The Kier molecular flexibility index (Phi) is 4.68. The second kappa shape index (κ2) is 5.41. The van der Waals surface area contributed by atoms with Crippen molar-refractivity contribution in [2.24, 2.45) is 0 Å². The fraction of sp³-hybridized carbons (Fsp3) is 0.917. The average Bonchev–Trinajstić information content (AvgIpc) is 2.67. The molecular weight excluding hydrogens is 222 g/mol. The van der Waals surface area contributed by atoms with Crippen LogP contribution >= 0.6 is 11.8 Å². The van der Waals surface area contributed by atoms with Crippen molar-refractivity contribution < 1.29 is 9.90 Å². The van der Waals surface area contributed by atoms with Gasteiger partial charge >= 0.3 is 0 Å². The molecule has 1 heterocycles. The van der Waals surface area contributed by atoms with Crippen LogP contribution in [0.15, 0.2) is 0 Å². The van der Waals surface area contributed by atoms with Crippen molar-refractivity contribution in [3.63, 3.8) is 0 Å². The monoisotopic (exact) mass is 245 g/mol. The van der Waals surface area contributed by atoms with E-state index in [1.807, 2.05) is 20.8 Å². The Labute approximate surface area is 102 Å². The molecule has 94 valence electrons. The van der Waals surface area contributed by atoms with Crippen LogP contribution in [0.25, 0.3) is 0 Å². The Bertz CT molecular complexity index is 251. The molecule has 2 N–H and O–H groups in total. The minimum Gasteiger partial charge on any atom is -0.396 e. The van der Waals surface area contributed by atoms with Gasteiger partial charge in [0, 0.05) is 12.1 Å². The average molecular weight is 245 g/mol. The molecule has 1 fully saturated rings. The first-order chi connectivity index (χ1) is 7.46. The molecule has 2 atom stereocenters. The molecule has 1 saturated heterocycles. The van der Waals surface area contributed by atoms with Gasteiger partial charge < -0.3 is 10.4 Å². The van der Waals surface area contributed by atoms with Crippen LogP contribution in [0.4, 0.5) is 0 Å². The lowest BCUT2D eigenvalue weighted by molar-refractivity contribution is -0.125. The van der Waals surface area contributed by atoms with Gasteiger partial charge in [-0.25, -0.2) is 0 Å². The van der Waals surface area contributed by atoms with Gasteiger partial charge in [0.1, 0.15) is 0 Å². The van der Waals surface area contributed by atoms with Gasteiger partial charge in [-0.1, -0.05) is 6.92 Å². The van der Waals surface area contributed by atoms with Gasteiger partial charge in [-0.2, -0.15) is 0 Å². The molecular formula is C12H23NO2S. The first-order valence-corrected chi connectivity index (χ1v) is 7.02. The Morgan fingerprint density at radius 2 is 2.31 bits per heavy atom. The third kappa shape index (κ3) is 3.14. The van der Waals surface area contributed by atoms with E-state index in [0.29, 0.717) is 6.42 Å². The highest BCUT2D eigenvalue weighted by Gasteiger charge is 2.39. The third-order valence-electron chi connectivity index (χ3n) is 3.56. The highest BCUT2D eigenvalue weighted by Crippen LogP contribution is 2.38. The SMILES string of the molecule is CCC(C)(CCO)NC(=O)C1(C)CCCS1. The molecule has 0 saturated carbocycles. The maximum atomic E-state index is 12.2. The number of carbonyl (C=O) groups is 1. The molecule has 0 bridgehead atoms. The molecule has 0 aromatic heterocycles. The zero-order chi connectivity index (χ0) is 12.2. The van der Waals surface area contributed by atoms with Crippen LogP contribution < -0.4 is 5.32 Å². The van der Waals surface area contributed by atoms with Crippen molar-refractivity contribution in [1.82, 2.24) is 5.32 Å². The Hall–Kier alpha value is -0.220. The number of hydrogen-bond acceptors (Lipinski definition) is 3. The van der Waals surface area contributed by atoms with Crippen LogP contribution in [0, 0.1) is 0 Å². The van der Waals surface area contributed by atoms with Crippen molar-refractivity contribution in [2.75, 3.05) is 12.4 Å². The summed E-state index contributed by atoms with van der Waals surface area (Å²) in [6.45, 7) is 6.19. The van der Waals surface area contributed by atoms with Gasteiger partial charge in [-0.15, -0.1) is 11.8 Å². The predicted molar refractivity (Wildman–Crippen MR) is 68.6 cm³/mol. The predicted octanol–water partition coefficient (Wildman–Crippen LogP) is 1.94. The maximum Gasteiger partial charge on any atom is 0.236 e. The van der Waals surface area contributed by atoms with Crippen molar-refractivity contribution in [1.29, 1.82) is 0 Å². The molecule has 0 spiro atoms. The summed E-state index contributed by atoms with van der Waals surface area (Å²) >= 11 is 1.75. The van der Waals surface area contributed by atoms with Gasteiger partial charge in [-0.3, -0.25) is 4.79 Å². The molecule has 0 radical (unpaired) electrons. The number of amides is 1. The Morgan fingerprint density at radius 1 is 1.62 bits per heavy atom. The second-order valence-corrected chi connectivity index (χ2v) is 6.62. The summed E-state index contributed by atoms with van der Waals surface area (Å²) in [7, 11) is 0. The van der Waals surface area contributed by atoms with Gasteiger partial charge in [0.25, 0.3) is 0 Å². The number of aliphatic hydroxyl groups excluding tert-OH is 1. The standard InChI is InChI=1S/C12H23NO2S/c1-4-11(2,7-8-14)13-10(15)12(3)6-5-9-16-12/h14H,4-9H2,1-3H3,(H,13,15). The zero-order valence-electron chi connectivity index (χ0n) is 10.5. The molecule has 0 aliphatic carbocycles. The Balaban J connectivity index is 2.61. The van der Waals surface area contributed by atoms with E-state index in [4.69, 9.17) is 5.11 Å². The van der Waals surface area contributed by atoms with Crippen molar-refractivity contribution in [3.05, 3.63) is 0 Å². The van der Waals surface area contributed by atoms with Gasteiger partial charge in [0.15, 0.2) is 0 Å². The summed E-state index contributed by atoms with van der Waals surface area (Å²) in [6.07, 6.45) is 3.55. The summed E-state index contributed by atoms with van der Waals surface area (Å²) in [4.78, 5) is 12.2. The van der Waals surface area contributed by atoms with E-state index in [0.717, 1.165) is 25.0 Å². The van der Waals surface area contributed by atoms with Gasteiger partial charge in [0.2, 0.25) is 5.91 Å².